The summed E-state index contributed by atoms with van der Waals surface area (Å²) in [4.78, 5) is 26.9. The van der Waals surface area contributed by atoms with Gasteiger partial charge < -0.3 is 9.64 Å². The van der Waals surface area contributed by atoms with Gasteiger partial charge in [-0.1, -0.05) is 43.7 Å². The Hall–Kier alpha value is -2.36. The topological polar surface area (TPSA) is 46.6 Å². The van der Waals surface area contributed by atoms with E-state index in [4.69, 9.17) is 4.74 Å². The van der Waals surface area contributed by atoms with Crippen LogP contribution in [0, 0.1) is 12.8 Å². The van der Waals surface area contributed by atoms with Gasteiger partial charge in [0.1, 0.15) is 0 Å². The van der Waals surface area contributed by atoms with Crippen LogP contribution in [-0.2, 0) is 14.3 Å². The Morgan fingerprint density at radius 3 is 2.38 bits per heavy atom. The van der Waals surface area contributed by atoms with Crippen LogP contribution in [0.2, 0.25) is 0 Å². The average Bonchev–Trinajstić information content (AvgIpc) is 2.74. The van der Waals surface area contributed by atoms with Crippen molar-refractivity contribution in [2.75, 3.05) is 13.2 Å². The zero-order valence-electron chi connectivity index (χ0n) is 15.1. The van der Waals surface area contributed by atoms with E-state index in [0.29, 0.717) is 29.3 Å². The molecular formula is C20H25NO3. The van der Waals surface area contributed by atoms with Gasteiger partial charge in [-0.25, -0.2) is 4.79 Å². The van der Waals surface area contributed by atoms with E-state index in [0.717, 1.165) is 11.1 Å². The maximum atomic E-state index is 12.9. The minimum absolute atomic E-state index is 0.134. The number of rotatable bonds is 5. The van der Waals surface area contributed by atoms with Gasteiger partial charge in [-0.15, -0.1) is 0 Å². The number of nitrogens with zero attached hydrogens (tertiary/aromatic N) is 1. The summed E-state index contributed by atoms with van der Waals surface area (Å²) in [7, 11) is 0. The maximum Gasteiger partial charge on any atom is 0.340 e. The monoisotopic (exact) mass is 327 g/mol. The molecule has 0 atom stereocenters. The van der Waals surface area contributed by atoms with E-state index in [-0.39, 0.29) is 12.5 Å². The van der Waals surface area contributed by atoms with E-state index >= 15 is 0 Å². The van der Waals surface area contributed by atoms with Crippen molar-refractivity contribution in [2.24, 2.45) is 5.92 Å². The highest BCUT2D eigenvalue weighted by molar-refractivity contribution is 6.16. The molecule has 0 fully saturated rings. The fourth-order valence-corrected chi connectivity index (χ4v) is 2.74. The van der Waals surface area contributed by atoms with E-state index in [1.54, 1.807) is 17.9 Å². The minimum Gasteiger partial charge on any atom is -0.462 e. The molecule has 0 spiro atoms. The molecular weight excluding hydrogens is 302 g/mol. The Labute approximate surface area is 143 Å². The molecule has 4 heteroatoms. The van der Waals surface area contributed by atoms with Gasteiger partial charge in [0, 0.05) is 12.2 Å². The van der Waals surface area contributed by atoms with Crippen molar-refractivity contribution in [3.63, 3.8) is 0 Å². The number of hydrogen-bond donors (Lipinski definition) is 0. The molecule has 0 aliphatic carbocycles. The number of carbonyl (C=O) groups excluding carboxylic acids is 2. The van der Waals surface area contributed by atoms with Crippen LogP contribution in [0.1, 0.15) is 38.8 Å². The second kappa shape index (κ2) is 7.47. The summed E-state index contributed by atoms with van der Waals surface area (Å²) >= 11 is 0. The summed E-state index contributed by atoms with van der Waals surface area (Å²) in [6, 6.07) is 7.86. The molecule has 4 nitrogen and oxygen atoms in total. The number of aryl methyl sites for hydroxylation is 1. The summed E-state index contributed by atoms with van der Waals surface area (Å²) in [6.45, 7) is 10.5. The Bertz CT molecular complexity index is 696. The van der Waals surface area contributed by atoms with Crippen molar-refractivity contribution >= 4 is 18.0 Å². The highest BCUT2D eigenvalue weighted by Gasteiger charge is 2.37. The number of benzene rings is 1. The molecule has 1 heterocycles. The molecule has 0 N–H and O–H groups in total. The van der Waals surface area contributed by atoms with Crippen LogP contribution in [0.5, 0.6) is 0 Å². The molecule has 0 aromatic heterocycles. The predicted molar refractivity (Wildman–Crippen MR) is 95.0 cm³/mol. The van der Waals surface area contributed by atoms with Gasteiger partial charge in [-0.3, -0.25) is 4.79 Å². The molecule has 0 bridgehead atoms. The number of carbonyl (C=O) groups is 2. The van der Waals surface area contributed by atoms with Crippen LogP contribution >= 0.6 is 0 Å². The molecule has 24 heavy (non-hydrogen) atoms. The minimum atomic E-state index is -0.437. The first kappa shape index (κ1) is 18.0. The predicted octanol–water partition coefficient (Wildman–Crippen LogP) is 3.71. The lowest BCUT2D eigenvalue weighted by Crippen LogP contribution is -2.28. The number of allylic oxidation sites excluding steroid dienone is 1. The lowest BCUT2D eigenvalue weighted by atomic mass is 10.0. The Morgan fingerprint density at radius 2 is 1.83 bits per heavy atom. The van der Waals surface area contributed by atoms with Crippen molar-refractivity contribution in [1.82, 2.24) is 4.90 Å². The largest absolute Gasteiger partial charge is 0.462 e. The van der Waals surface area contributed by atoms with Crippen LogP contribution in [0.4, 0.5) is 0 Å². The standard InChI is InChI=1S/C20H25NO3/c1-6-24-20(23)18-15(5)21(12-13(2)3)19(22)17(18)11-16-9-7-14(4)8-10-16/h7-11,13H,6,12H2,1-5H3/b17-11-. The molecule has 1 aliphatic heterocycles. The summed E-state index contributed by atoms with van der Waals surface area (Å²) in [5.74, 6) is -0.260. The summed E-state index contributed by atoms with van der Waals surface area (Å²) in [5.41, 5.74) is 3.50. The van der Waals surface area contributed by atoms with Gasteiger partial charge in [0.05, 0.1) is 17.8 Å². The molecule has 2 rings (SSSR count). The van der Waals surface area contributed by atoms with E-state index in [9.17, 15) is 9.59 Å². The lowest BCUT2D eigenvalue weighted by Gasteiger charge is -2.19. The zero-order chi connectivity index (χ0) is 17.9. The number of hydrogen-bond acceptors (Lipinski definition) is 3. The molecule has 1 aromatic rings. The molecule has 1 aliphatic rings. The summed E-state index contributed by atoms with van der Waals surface area (Å²) in [5, 5.41) is 0. The van der Waals surface area contributed by atoms with Gasteiger partial charge in [-0.05, 0) is 38.3 Å². The van der Waals surface area contributed by atoms with Crippen molar-refractivity contribution in [3.05, 3.63) is 52.2 Å². The normalized spacial score (nSPS) is 16.5. The Morgan fingerprint density at radius 1 is 1.21 bits per heavy atom. The van der Waals surface area contributed by atoms with Gasteiger partial charge in [-0.2, -0.15) is 0 Å². The second-order valence-electron chi connectivity index (χ2n) is 6.46. The molecule has 0 saturated heterocycles. The molecule has 1 amide bonds. The second-order valence-corrected chi connectivity index (χ2v) is 6.46. The first-order valence-electron chi connectivity index (χ1n) is 8.33. The first-order chi connectivity index (χ1) is 11.3. The van der Waals surface area contributed by atoms with Crippen molar-refractivity contribution < 1.29 is 14.3 Å². The quantitative estimate of drug-likeness (QED) is 0.612. The highest BCUT2D eigenvalue weighted by Crippen LogP contribution is 2.32. The molecule has 1 aromatic carbocycles. The van der Waals surface area contributed by atoms with E-state index in [1.807, 2.05) is 52.0 Å². The Kier molecular flexibility index (Phi) is 5.60. The zero-order valence-corrected chi connectivity index (χ0v) is 15.1. The third-order valence-corrected chi connectivity index (χ3v) is 3.93. The number of amides is 1. The number of esters is 1. The van der Waals surface area contributed by atoms with Crippen LogP contribution in [0.25, 0.3) is 6.08 Å². The van der Waals surface area contributed by atoms with Crippen molar-refractivity contribution in [2.45, 2.75) is 34.6 Å². The van der Waals surface area contributed by atoms with Crippen LogP contribution in [0.3, 0.4) is 0 Å². The van der Waals surface area contributed by atoms with Crippen LogP contribution in [0.15, 0.2) is 41.1 Å². The van der Waals surface area contributed by atoms with Gasteiger partial charge >= 0.3 is 5.97 Å². The maximum absolute atomic E-state index is 12.9. The highest BCUT2D eigenvalue weighted by atomic mass is 16.5. The summed E-state index contributed by atoms with van der Waals surface area (Å²) in [6.07, 6.45) is 1.78. The molecule has 0 radical (unpaired) electrons. The third kappa shape index (κ3) is 3.75. The SMILES string of the molecule is CCOC(=O)C1=C(C)N(CC(C)C)C(=O)/C1=C\c1ccc(C)cc1. The lowest BCUT2D eigenvalue weighted by molar-refractivity contribution is -0.138. The van der Waals surface area contributed by atoms with Gasteiger partial charge in [0.15, 0.2) is 0 Å². The van der Waals surface area contributed by atoms with E-state index < -0.39 is 5.97 Å². The van der Waals surface area contributed by atoms with Gasteiger partial charge in [0.2, 0.25) is 0 Å². The van der Waals surface area contributed by atoms with E-state index in [1.165, 1.54) is 0 Å². The molecule has 128 valence electrons. The number of ether oxygens (including phenoxy) is 1. The van der Waals surface area contributed by atoms with Crippen molar-refractivity contribution in [3.8, 4) is 0 Å². The first-order valence-corrected chi connectivity index (χ1v) is 8.33. The van der Waals surface area contributed by atoms with E-state index in [2.05, 4.69) is 0 Å². The average molecular weight is 327 g/mol. The summed E-state index contributed by atoms with van der Waals surface area (Å²) < 4.78 is 5.17. The Balaban J connectivity index is 2.48. The third-order valence-electron chi connectivity index (χ3n) is 3.93. The molecule has 0 saturated carbocycles. The fraction of sp³-hybridized carbons (Fsp3) is 0.400. The van der Waals surface area contributed by atoms with Gasteiger partial charge in [0.25, 0.3) is 5.91 Å². The van der Waals surface area contributed by atoms with Crippen LogP contribution in [-0.4, -0.2) is 29.9 Å². The molecule has 0 unspecified atom stereocenters. The van der Waals surface area contributed by atoms with Crippen LogP contribution < -0.4 is 0 Å². The smallest absolute Gasteiger partial charge is 0.340 e. The fourth-order valence-electron chi connectivity index (χ4n) is 2.74. The van der Waals surface area contributed by atoms with Crippen molar-refractivity contribution in [1.29, 1.82) is 0 Å².